The Kier molecular flexibility index (Phi) is 2.88. The zero-order chi connectivity index (χ0) is 22.0. The van der Waals surface area contributed by atoms with Gasteiger partial charge in [-0.1, -0.05) is 103 Å². The summed E-state index contributed by atoms with van der Waals surface area (Å²) in [5.41, 5.74) is 0. The molecule has 0 nitrogen and oxygen atoms in total. The van der Waals surface area contributed by atoms with Gasteiger partial charge in [-0.25, -0.2) is 0 Å². The normalized spacial score (nSPS) is 12.7. The van der Waals surface area contributed by atoms with Crippen LogP contribution in [-0.4, -0.2) is 0 Å². The lowest BCUT2D eigenvalue weighted by Gasteiger charge is -2.22. The van der Waals surface area contributed by atoms with E-state index in [1.54, 1.807) is 0 Å². The van der Waals surface area contributed by atoms with Gasteiger partial charge < -0.3 is 0 Å². The third-order valence-electron chi connectivity index (χ3n) is 8.10. The second-order valence-corrected chi connectivity index (χ2v) is 9.63. The van der Waals surface area contributed by atoms with Crippen molar-refractivity contribution >= 4 is 86.2 Å². The summed E-state index contributed by atoms with van der Waals surface area (Å²) in [4.78, 5) is 0. The number of benzene rings is 9. The molecule has 0 saturated heterocycles. The average Bonchev–Trinajstić information content (AvgIpc) is 2.91. The van der Waals surface area contributed by atoms with Crippen LogP contribution < -0.4 is 0 Å². The Labute approximate surface area is 195 Å². The van der Waals surface area contributed by atoms with Crippen molar-refractivity contribution in [2.45, 2.75) is 0 Å². The van der Waals surface area contributed by atoms with E-state index in [4.69, 9.17) is 0 Å². The van der Waals surface area contributed by atoms with Gasteiger partial charge in [-0.3, -0.25) is 0 Å². The molecule has 0 aliphatic heterocycles. The minimum Gasteiger partial charge on any atom is -0.0616 e. The van der Waals surface area contributed by atoms with E-state index in [0.29, 0.717) is 0 Å². The first-order chi connectivity index (χ1) is 16.9. The quantitative estimate of drug-likeness (QED) is 0.167. The Morgan fingerprint density at radius 2 is 0.647 bits per heavy atom. The van der Waals surface area contributed by atoms with Crippen LogP contribution in [0.1, 0.15) is 0 Å². The van der Waals surface area contributed by atoms with E-state index in [2.05, 4.69) is 109 Å². The highest BCUT2D eigenvalue weighted by Crippen LogP contribution is 2.51. The highest BCUT2D eigenvalue weighted by molar-refractivity contribution is 6.49. The van der Waals surface area contributed by atoms with Crippen LogP contribution in [0.4, 0.5) is 0 Å². The molecule has 9 aromatic carbocycles. The molecule has 0 aliphatic rings. The molecule has 9 rings (SSSR count). The molecule has 0 atom stereocenters. The van der Waals surface area contributed by atoms with E-state index in [-0.39, 0.29) is 0 Å². The standard InChI is InChI=1S/C34H18/c1-2-9-20-19(8-1)18-29-26-15-7-14-25-21-10-3-5-12-23(21)30-24-13-6-4-11-22(24)28-17-16-27(20)32(29)33(28)34(30)31(25)26/h1-18H. The summed E-state index contributed by atoms with van der Waals surface area (Å²) < 4.78 is 0. The zero-order valence-corrected chi connectivity index (χ0v) is 18.4. The molecule has 0 unspecified atom stereocenters. The van der Waals surface area contributed by atoms with Gasteiger partial charge in [-0.05, 0) is 92.2 Å². The molecule has 0 bridgehead atoms. The lowest BCUT2D eigenvalue weighted by atomic mass is 9.80. The van der Waals surface area contributed by atoms with E-state index in [0.717, 1.165) is 0 Å². The van der Waals surface area contributed by atoms with E-state index < -0.39 is 0 Å². The first kappa shape index (κ1) is 17.1. The molecule has 9 aromatic rings. The Hall–Kier alpha value is -4.42. The Morgan fingerprint density at radius 1 is 0.235 bits per heavy atom. The molecule has 34 heavy (non-hydrogen) atoms. The summed E-state index contributed by atoms with van der Waals surface area (Å²) in [5, 5.41) is 21.9. The summed E-state index contributed by atoms with van der Waals surface area (Å²) in [6, 6.07) is 40.8. The maximum atomic E-state index is 2.42. The summed E-state index contributed by atoms with van der Waals surface area (Å²) in [6.45, 7) is 0. The summed E-state index contributed by atoms with van der Waals surface area (Å²) >= 11 is 0. The number of hydrogen-bond donors (Lipinski definition) is 0. The summed E-state index contributed by atoms with van der Waals surface area (Å²) in [5.74, 6) is 0. The molecule has 0 aliphatic carbocycles. The molecule has 0 fully saturated rings. The van der Waals surface area contributed by atoms with E-state index in [9.17, 15) is 0 Å². The smallest absolute Gasteiger partial charge is 0.000116 e. The van der Waals surface area contributed by atoms with Gasteiger partial charge in [0, 0.05) is 0 Å². The van der Waals surface area contributed by atoms with Crippen LogP contribution in [0, 0.1) is 0 Å². The van der Waals surface area contributed by atoms with Crippen LogP contribution in [0.15, 0.2) is 109 Å². The van der Waals surface area contributed by atoms with Gasteiger partial charge in [-0.2, -0.15) is 0 Å². The summed E-state index contributed by atoms with van der Waals surface area (Å²) in [6.07, 6.45) is 0. The molecule has 0 radical (unpaired) electrons. The largest absolute Gasteiger partial charge is 0.0616 e. The van der Waals surface area contributed by atoms with Crippen LogP contribution >= 0.6 is 0 Å². The first-order valence-electron chi connectivity index (χ1n) is 12.0. The first-order valence-corrected chi connectivity index (χ1v) is 12.0. The number of fused-ring (bicyclic) bond motifs is 9. The molecule has 0 heteroatoms. The van der Waals surface area contributed by atoms with Crippen molar-refractivity contribution in [2.75, 3.05) is 0 Å². The zero-order valence-electron chi connectivity index (χ0n) is 18.4. The average molecular weight is 427 g/mol. The second kappa shape index (κ2) is 5.73. The van der Waals surface area contributed by atoms with Gasteiger partial charge in [0.15, 0.2) is 0 Å². The van der Waals surface area contributed by atoms with Crippen molar-refractivity contribution in [1.29, 1.82) is 0 Å². The molecule has 0 heterocycles. The molecule has 0 amide bonds. The molecule has 0 aromatic heterocycles. The minimum atomic E-state index is 1.31. The molecule has 0 spiro atoms. The van der Waals surface area contributed by atoms with E-state index >= 15 is 0 Å². The maximum absolute atomic E-state index is 2.42. The Balaban J connectivity index is 1.81. The predicted molar refractivity (Wildman–Crippen MR) is 149 cm³/mol. The number of rotatable bonds is 0. The lowest BCUT2D eigenvalue weighted by molar-refractivity contribution is 1.79. The fourth-order valence-electron chi connectivity index (χ4n) is 6.83. The minimum absolute atomic E-state index is 1.31. The van der Waals surface area contributed by atoms with Crippen molar-refractivity contribution in [3.05, 3.63) is 109 Å². The SMILES string of the molecule is c1ccc2c(c1)cc1c3cccc4c5ccccc5c5c6ccccc6c6ccc2c1c6c5c43. The van der Waals surface area contributed by atoms with Crippen molar-refractivity contribution in [3.8, 4) is 0 Å². The second-order valence-electron chi connectivity index (χ2n) is 9.63. The van der Waals surface area contributed by atoms with Crippen molar-refractivity contribution in [3.63, 3.8) is 0 Å². The topological polar surface area (TPSA) is 0 Å². The third kappa shape index (κ3) is 1.82. The summed E-state index contributed by atoms with van der Waals surface area (Å²) in [7, 11) is 0. The number of hydrogen-bond acceptors (Lipinski definition) is 0. The Bertz CT molecular complexity index is 2250. The van der Waals surface area contributed by atoms with Gasteiger partial charge in [0.1, 0.15) is 0 Å². The fraction of sp³-hybridized carbons (Fsp3) is 0. The van der Waals surface area contributed by atoms with E-state index in [1.807, 2.05) is 0 Å². The van der Waals surface area contributed by atoms with Crippen LogP contribution in [0.5, 0.6) is 0 Å². The van der Waals surface area contributed by atoms with Gasteiger partial charge in [-0.15, -0.1) is 0 Å². The van der Waals surface area contributed by atoms with Crippen molar-refractivity contribution in [1.82, 2.24) is 0 Å². The molecule has 0 N–H and O–H groups in total. The van der Waals surface area contributed by atoms with Crippen LogP contribution in [-0.2, 0) is 0 Å². The van der Waals surface area contributed by atoms with Crippen molar-refractivity contribution < 1.29 is 0 Å². The predicted octanol–water partition coefficient (Wildman–Crippen LogP) is 9.79. The molecule has 0 saturated carbocycles. The van der Waals surface area contributed by atoms with Crippen LogP contribution in [0.3, 0.4) is 0 Å². The fourth-order valence-corrected chi connectivity index (χ4v) is 6.83. The van der Waals surface area contributed by atoms with Crippen LogP contribution in [0.2, 0.25) is 0 Å². The molecular formula is C34H18. The van der Waals surface area contributed by atoms with Gasteiger partial charge in [0.2, 0.25) is 0 Å². The molecule has 154 valence electrons. The van der Waals surface area contributed by atoms with Crippen molar-refractivity contribution in [2.24, 2.45) is 0 Å². The van der Waals surface area contributed by atoms with E-state index in [1.165, 1.54) is 86.2 Å². The Morgan fingerprint density at radius 3 is 1.29 bits per heavy atom. The highest BCUT2D eigenvalue weighted by Gasteiger charge is 2.22. The van der Waals surface area contributed by atoms with Gasteiger partial charge in [0.05, 0.1) is 0 Å². The van der Waals surface area contributed by atoms with Crippen LogP contribution in [0.25, 0.3) is 86.2 Å². The van der Waals surface area contributed by atoms with Gasteiger partial charge in [0.25, 0.3) is 0 Å². The lowest BCUT2D eigenvalue weighted by Crippen LogP contribution is -1.94. The maximum Gasteiger partial charge on any atom is -0.000116 e. The third-order valence-corrected chi connectivity index (χ3v) is 8.10. The molecular weight excluding hydrogens is 408 g/mol. The van der Waals surface area contributed by atoms with Gasteiger partial charge >= 0.3 is 0 Å². The monoisotopic (exact) mass is 426 g/mol. The highest BCUT2D eigenvalue weighted by atomic mass is 14.2.